The van der Waals surface area contributed by atoms with Crippen LogP contribution in [-0.2, 0) is 11.3 Å². The van der Waals surface area contributed by atoms with Crippen LogP contribution in [0.5, 0.6) is 5.75 Å². The number of rotatable bonds is 7. The number of carbonyl (C=O) groups is 2. The van der Waals surface area contributed by atoms with Crippen molar-refractivity contribution in [2.45, 2.75) is 13.5 Å². The van der Waals surface area contributed by atoms with Gasteiger partial charge in [0, 0.05) is 4.47 Å². The van der Waals surface area contributed by atoms with Gasteiger partial charge in [-0.25, -0.2) is 0 Å². The first-order chi connectivity index (χ1) is 13.5. The molecule has 7 heteroatoms. The van der Waals surface area contributed by atoms with E-state index in [1.165, 1.54) is 0 Å². The van der Waals surface area contributed by atoms with Gasteiger partial charge in [0.15, 0.2) is 6.61 Å². The molecule has 1 aromatic heterocycles. The van der Waals surface area contributed by atoms with E-state index in [4.69, 9.17) is 9.15 Å². The lowest BCUT2D eigenvalue weighted by Crippen LogP contribution is -2.26. The normalized spacial score (nSPS) is 10.4. The van der Waals surface area contributed by atoms with Crippen molar-refractivity contribution in [3.63, 3.8) is 0 Å². The second kappa shape index (κ2) is 9.23. The van der Waals surface area contributed by atoms with Gasteiger partial charge >= 0.3 is 0 Å². The van der Waals surface area contributed by atoms with Crippen LogP contribution in [0.15, 0.2) is 69.8 Å². The van der Waals surface area contributed by atoms with Crippen molar-refractivity contribution in [2.75, 3.05) is 11.9 Å². The van der Waals surface area contributed by atoms with Gasteiger partial charge in [-0.15, -0.1) is 0 Å². The number of hydrogen-bond acceptors (Lipinski definition) is 4. The molecule has 1 heterocycles. The largest absolute Gasteiger partial charge is 0.484 e. The zero-order chi connectivity index (χ0) is 19.9. The van der Waals surface area contributed by atoms with Gasteiger partial charge in [-0.3, -0.25) is 9.59 Å². The van der Waals surface area contributed by atoms with Crippen molar-refractivity contribution in [3.8, 4) is 5.75 Å². The van der Waals surface area contributed by atoms with Crippen LogP contribution in [0.25, 0.3) is 0 Å². The molecule has 0 fully saturated rings. The minimum Gasteiger partial charge on any atom is -0.484 e. The Balaban J connectivity index is 1.59. The molecule has 0 bridgehead atoms. The summed E-state index contributed by atoms with van der Waals surface area (Å²) in [6.07, 6.45) is 1.54. The maximum atomic E-state index is 12.5. The molecule has 28 heavy (non-hydrogen) atoms. The van der Waals surface area contributed by atoms with Crippen molar-refractivity contribution >= 4 is 33.4 Å². The summed E-state index contributed by atoms with van der Waals surface area (Å²) in [5.41, 5.74) is 1.79. The minimum absolute atomic E-state index is 0.163. The molecular formula is C21H19BrN2O4. The van der Waals surface area contributed by atoms with Gasteiger partial charge in [0.05, 0.1) is 24.1 Å². The first kappa shape index (κ1) is 19.7. The standard InChI is InChI=1S/C21H19BrN2O4/c1-14-11-15(8-9-18(14)22)28-13-20(25)24-19-7-3-2-6-17(19)21(26)23-12-16-5-4-10-27-16/h2-11H,12-13H2,1H3,(H,23,26)(H,24,25). The van der Waals surface area contributed by atoms with Gasteiger partial charge in [0.1, 0.15) is 11.5 Å². The van der Waals surface area contributed by atoms with Gasteiger partial charge in [0.2, 0.25) is 0 Å². The molecule has 0 aliphatic heterocycles. The molecule has 3 rings (SSSR count). The number of benzene rings is 2. The number of hydrogen-bond donors (Lipinski definition) is 2. The van der Waals surface area contributed by atoms with E-state index in [1.807, 2.05) is 19.1 Å². The average Bonchev–Trinajstić information content (AvgIpc) is 3.21. The summed E-state index contributed by atoms with van der Waals surface area (Å²) in [7, 11) is 0. The fourth-order valence-corrected chi connectivity index (χ4v) is 2.75. The van der Waals surface area contributed by atoms with Gasteiger partial charge in [-0.05, 0) is 55.0 Å². The second-order valence-corrected chi connectivity index (χ2v) is 6.91. The number of nitrogens with one attached hydrogen (secondary N) is 2. The molecule has 0 aliphatic carbocycles. The molecule has 0 unspecified atom stereocenters. The van der Waals surface area contributed by atoms with Gasteiger partial charge in [0.25, 0.3) is 11.8 Å². The highest BCUT2D eigenvalue weighted by Gasteiger charge is 2.14. The Hall–Kier alpha value is -3.06. The molecule has 2 aromatic carbocycles. The molecule has 3 aromatic rings. The fraction of sp³-hybridized carbons (Fsp3) is 0.143. The highest BCUT2D eigenvalue weighted by molar-refractivity contribution is 9.10. The molecule has 0 aliphatic rings. The number of furan rings is 1. The van der Waals surface area contributed by atoms with Gasteiger partial charge in [-0.2, -0.15) is 0 Å². The van der Waals surface area contributed by atoms with E-state index in [0.29, 0.717) is 22.8 Å². The third kappa shape index (κ3) is 5.23. The third-order valence-corrected chi connectivity index (χ3v) is 4.84. The number of ether oxygens (including phenoxy) is 1. The van der Waals surface area contributed by atoms with E-state index in [0.717, 1.165) is 10.0 Å². The van der Waals surface area contributed by atoms with Gasteiger partial charge in [-0.1, -0.05) is 28.1 Å². The Bertz CT molecular complexity index is 970. The van der Waals surface area contributed by atoms with Crippen LogP contribution in [0, 0.1) is 6.92 Å². The average molecular weight is 443 g/mol. The smallest absolute Gasteiger partial charge is 0.262 e. The lowest BCUT2D eigenvalue weighted by molar-refractivity contribution is -0.118. The predicted octanol–water partition coefficient (Wildman–Crippen LogP) is 4.30. The maximum absolute atomic E-state index is 12.5. The number of anilines is 1. The molecule has 0 atom stereocenters. The number of halogens is 1. The van der Waals surface area contributed by atoms with Crippen molar-refractivity contribution in [1.29, 1.82) is 0 Å². The summed E-state index contributed by atoms with van der Waals surface area (Å²) in [5.74, 6) is 0.581. The van der Waals surface area contributed by atoms with Crippen LogP contribution >= 0.6 is 15.9 Å². The summed E-state index contributed by atoms with van der Waals surface area (Å²) >= 11 is 3.42. The van der Waals surface area contributed by atoms with Crippen LogP contribution < -0.4 is 15.4 Å². The maximum Gasteiger partial charge on any atom is 0.262 e. The topological polar surface area (TPSA) is 80.6 Å². The minimum atomic E-state index is -0.355. The highest BCUT2D eigenvalue weighted by Crippen LogP contribution is 2.21. The van der Waals surface area contributed by atoms with Crippen molar-refractivity contribution in [2.24, 2.45) is 0 Å². The van der Waals surface area contributed by atoms with Crippen LogP contribution in [0.3, 0.4) is 0 Å². The summed E-state index contributed by atoms with van der Waals surface area (Å²) in [6, 6.07) is 15.8. The zero-order valence-electron chi connectivity index (χ0n) is 15.2. The number of para-hydroxylation sites is 1. The Morgan fingerprint density at radius 3 is 2.68 bits per heavy atom. The second-order valence-electron chi connectivity index (χ2n) is 6.06. The number of amides is 2. The van der Waals surface area contributed by atoms with Crippen LogP contribution in [0.1, 0.15) is 21.7 Å². The van der Waals surface area contributed by atoms with E-state index in [1.54, 1.807) is 48.7 Å². The molecule has 2 N–H and O–H groups in total. The molecule has 0 saturated carbocycles. The Morgan fingerprint density at radius 1 is 1.11 bits per heavy atom. The van der Waals surface area contributed by atoms with Crippen LogP contribution in [-0.4, -0.2) is 18.4 Å². The van der Waals surface area contributed by atoms with E-state index < -0.39 is 0 Å². The molecule has 0 spiro atoms. The summed E-state index contributed by atoms with van der Waals surface area (Å²) in [6.45, 7) is 2.04. The van der Waals surface area contributed by atoms with E-state index >= 15 is 0 Å². The molecule has 0 saturated heterocycles. The van der Waals surface area contributed by atoms with Crippen molar-refractivity contribution < 1.29 is 18.7 Å². The molecular weight excluding hydrogens is 424 g/mol. The van der Waals surface area contributed by atoms with E-state index in [-0.39, 0.29) is 25.0 Å². The Labute approximate surface area is 171 Å². The summed E-state index contributed by atoms with van der Waals surface area (Å²) in [5, 5.41) is 5.49. The molecule has 2 amide bonds. The number of aryl methyl sites for hydroxylation is 1. The monoisotopic (exact) mass is 442 g/mol. The highest BCUT2D eigenvalue weighted by atomic mass is 79.9. The first-order valence-corrected chi connectivity index (χ1v) is 9.40. The van der Waals surface area contributed by atoms with Crippen LogP contribution in [0.4, 0.5) is 5.69 Å². The molecule has 6 nitrogen and oxygen atoms in total. The Morgan fingerprint density at radius 2 is 1.93 bits per heavy atom. The zero-order valence-corrected chi connectivity index (χ0v) is 16.8. The first-order valence-electron chi connectivity index (χ1n) is 8.61. The quantitative estimate of drug-likeness (QED) is 0.571. The van der Waals surface area contributed by atoms with E-state index in [9.17, 15) is 9.59 Å². The lowest BCUT2D eigenvalue weighted by atomic mass is 10.1. The Kier molecular flexibility index (Phi) is 6.49. The summed E-state index contributed by atoms with van der Waals surface area (Å²) in [4.78, 5) is 24.7. The molecule has 144 valence electrons. The SMILES string of the molecule is Cc1cc(OCC(=O)Nc2ccccc2C(=O)NCc2ccco2)ccc1Br. The van der Waals surface area contributed by atoms with Gasteiger partial charge < -0.3 is 19.8 Å². The lowest BCUT2D eigenvalue weighted by Gasteiger charge is -2.12. The summed E-state index contributed by atoms with van der Waals surface area (Å²) < 4.78 is 11.7. The third-order valence-electron chi connectivity index (χ3n) is 3.95. The van der Waals surface area contributed by atoms with Crippen LogP contribution in [0.2, 0.25) is 0 Å². The van der Waals surface area contributed by atoms with Crippen molar-refractivity contribution in [3.05, 3.63) is 82.2 Å². The van der Waals surface area contributed by atoms with E-state index in [2.05, 4.69) is 26.6 Å². The number of carbonyl (C=O) groups excluding carboxylic acids is 2. The van der Waals surface area contributed by atoms with Crippen molar-refractivity contribution in [1.82, 2.24) is 5.32 Å². The predicted molar refractivity (Wildman–Crippen MR) is 109 cm³/mol. The molecule has 0 radical (unpaired) electrons. The fourth-order valence-electron chi connectivity index (χ4n) is 2.51.